The molecule has 1 fully saturated rings. The molecule has 2 heterocycles. The Balaban J connectivity index is 1.38. The first kappa shape index (κ1) is 19.4. The molecular formula is C22H23N3O3S. The predicted octanol–water partition coefficient (Wildman–Crippen LogP) is 4.00. The molecule has 7 heteroatoms. The second-order valence-corrected chi connectivity index (χ2v) is 7.96. The average molecular weight is 410 g/mol. The number of benzene rings is 2. The molecule has 0 N–H and O–H groups in total. The molecule has 4 rings (SSSR count). The fourth-order valence-electron chi connectivity index (χ4n) is 3.41. The Bertz CT molecular complexity index is 943. The van der Waals surface area contributed by atoms with E-state index < -0.39 is 0 Å². The highest BCUT2D eigenvalue weighted by atomic mass is 32.1. The largest absolute Gasteiger partial charge is 0.497 e. The van der Waals surface area contributed by atoms with Crippen LogP contribution in [0.25, 0.3) is 10.6 Å². The molecule has 3 aromatic rings. The van der Waals surface area contributed by atoms with Crippen molar-refractivity contribution in [1.82, 2.24) is 15.1 Å². The van der Waals surface area contributed by atoms with Crippen LogP contribution in [0.15, 0.2) is 54.6 Å². The zero-order chi connectivity index (χ0) is 20.1. The number of para-hydroxylation sites is 1. The zero-order valence-corrected chi connectivity index (χ0v) is 17.1. The number of carbonyl (C=O) groups is 1. The molecular weight excluding hydrogens is 386 g/mol. The zero-order valence-electron chi connectivity index (χ0n) is 16.3. The number of carbonyl (C=O) groups excluding carboxylic acids is 1. The van der Waals surface area contributed by atoms with E-state index in [1.807, 2.05) is 59.5 Å². The smallest absolute Gasteiger partial charge is 0.260 e. The van der Waals surface area contributed by atoms with Crippen LogP contribution < -0.4 is 9.47 Å². The standard InChI is InChI=1S/C22H23N3O3S/c1-27-18-11-9-16(10-12-18)21-23-24-22(29-21)17-6-5-13-25(14-17)20(26)15-28-19-7-3-2-4-8-19/h2-4,7-12,17H,5-6,13-15H2,1H3. The van der Waals surface area contributed by atoms with Gasteiger partial charge >= 0.3 is 0 Å². The minimum atomic E-state index is 0.0125. The van der Waals surface area contributed by atoms with Crippen molar-refractivity contribution in [2.75, 3.05) is 26.8 Å². The van der Waals surface area contributed by atoms with Gasteiger partial charge in [0.05, 0.1) is 7.11 Å². The summed E-state index contributed by atoms with van der Waals surface area (Å²) in [5.41, 5.74) is 1.02. The molecule has 0 aliphatic carbocycles. The number of hydrogen-bond donors (Lipinski definition) is 0. The molecule has 6 nitrogen and oxygen atoms in total. The van der Waals surface area contributed by atoms with Gasteiger partial charge < -0.3 is 14.4 Å². The lowest BCUT2D eigenvalue weighted by atomic mass is 9.99. The number of rotatable bonds is 6. The molecule has 0 saturated carbocycles. The first-order valence-corrected chi connectivity index (χ1v) is 10.5. The fourth-order valence-corrected chi connectivity index (χ4v) is 4.38. The van der Waals surface area contributed by atoms with E-state index in [0.29, 0.717) is 12.3 Å². The maximum atomic E-state index is 12.6. The van der Waals surface area contributed by atoms with Crippen molar-refractivity contribution in [2.45, 2.75) is 18.8 Å². The van der Waals surface area contributed by atoms with Crippen molar-refractivity contribution in [3.05, 3.63) is 59.6 Å². The van der Waals surface area contributed by atoms with Gasteiger partial charge in [-0.3, -0.25) is 4.79 Å². The number of nitrogens with zero attached hydrogens (tertiary/aromatic N) is 3. The lowest BCUT2D eigenvalue weighted by Gasteiger charge is -2.31. The maximum absolute atomic E-state index is 12.6. The first-order chi connectivity index (χ1) is 14.2. The highest BCUT2D eigenvalue weighted by Crippen LogP contribution is 2.33. The lowest BCUT2D eigenvalue weighted by Crippen LogP contribution is -2.41. The molecule has 0 radical (unpaired) electrons. The third-order valence-electron chi connectivity index (χ3n) is 5.01. The number of amides is 1. The Morgan fingerprint density at radius 1 is 1.10 bits per heavy atom. The quantitative estimate of drug-likeness (QED) is 0.616. The van der Waals surface area contributed by atoms with Crippen LogP contribution in [0, 0.1) is 0 Å². The fraction of sp³-hybridized carbons (Fsp3) is 0.318. The topological polar surface area (TPSA) is 64.6 Å². The third-order valence-corrected chi connectivity index (χ3v) is 6.14. The van der Waals surface area contributed by atoms with Gasteiger partial charge in [-0.25, -0.2) is 0 Å². The van der Waals surface area contributed by atoms with Gasteiger partial charge in [-0.1, -0.05) is 29.5 Å². The molecule has 1 saturated heterocycles. The summed E-state index contributed by atoms with van der Waals surface area (Å²) >= 11 is 1.60. The van der Waals surface area contributed by atoms with E-state index in [9.17, 15) is 4.79 Å². The molecule has 1 atom stereocenters. The SMILES string of the molecule is COc1ccc(-c2nnc(C3CCCN(C(=O)COc4ccccc4)C3)s2)cc1. The third kappa shape index (κ3) is 4.74. The Morgan fingerprint density at radius 2 is 1.90 bits per heavy atom. The van der Waals surface area contributed by atoms with Crippen LogP contribution in [0.2, 0.25) is 0 Å². The Morgan fingerprint density at radius 3 is 2.66 bits per heavy atom. The van der Waals surface area contributed by atoms with Crippen molar-refractivity contribution in [3.63, 3.8) is 0 Å². The van der Waals surface area contributed by atoms with Crippen molar-refractivity contribution < 1.29 is 14.3 Å². The van der Waals surface area contributed by atoms with E-state index in [2.05, 4.69) is 10.2 Å². The summed E-state index contributed by atoms with van der Waals surface area (Å²) < 4.78 is 10.8. The van der Waals surface area contributed by atoms with Crippen molar-refractivity contribution in [1.29, 1.82) is 0 Å². The van der Waals surface area contributed by atoms with Crippen molar-refractivity contribution in [3.8, 4) is 22.1 Å². The van der Waals surface area contributed by atoms with E-state index in [0.717, 1.165) is 40.7 Å². The molecule has 150 valence electrons. The van der Waals surface area contributed by atoms with Gasteiger partial charge in [0.15, 0.2) is 6.61 Å². The van der Waals surface area contributed by atoms with E-state index in [-0.39, 0.29) is 18.4 Å². The molecule has 1 unspecified atom stereocenters. The summed E-state index contributed by atoms with van der Waals surface area (Å²) in [5, 5.41) is 10.6. The Kier molecular flexibility index (Phi) is 6.05. The van der Waals surface area contributed by atoms with Crippen LogP contribution in [0.1, 0.15) is 23.8 Å². The Hall–Kier alpha value is -2.93. The average Bonchev–Trinajstić information content (AvgIpc) is 3.29. The number of piperidine rings is 1. The second kappa shape index (κ2) is 9.05. The number of ether oxygens (including phenoxy) is 2. The molecule has 1 aliphatic heterocycles. The molecule has 2 aromatic carbocycles. The summed E-state index contributed by atoms with van der Waals surface area (Å²) in [6.07, 6.45) is 1.97. The molecule has 29 heavy (non-hydrogen) atoms. The van der Waals surface area contributed by atoms with E-state index in [1.54, 1.807) is 18.4 Å². The summed E-state index contributed by atoms with van der Waals surface area (Å²) in [5.74, 6) is 1.76. The number of likely N-dealkylation sites (tertiary alicyclic amines) is 1. The number of hydrogen-bond acceptors (Lipinski definition) is 6. The van der Waals surface area contributed by atoms with Gasteiger partial charge in [-0.05, 0) is 49.2 Å². The predicted molar refractivity (Wildman–Crippen MR) is 112 cm³/mol. The molecule has 0 bridgehead atoms. The van der Waals surface area contributed by atoms with E-state index >= 15 is 0 Å². The van der Waals surface area contributed by atoms with E-state index in [1.165, 1.54) is 0 Å². The lowest BCUT2D eigenvalue weighted by molar-refractivity contribution is -0.134. The minimum absolute atomic E-state index is 0.0125. The highest BCUT2D eigenvalue weighted by Gasteiger charge is 2.27. The summed E-state index contributed by atoms with van der Waals surface area (Å²) in [6, 6.07) is 17.2. The first-order valence-electron chi connectivity index (χ1n) is 9.66. The monoisotopic (exact) mass is 409 g/mol. The van der Waals surface area contributed by atoms with Crippen LogP contribution in [0.4, 0.5) is 0 Å². The van der Waals surface area contributed by atoms with Crippen molar-refractivity contribution in [2.24, 2.45) is 0 Å². The van der Waals surface area contributed by atoms with Gasteiger partial charge in [0.1, 0.15) is 21.5 Å². The van der Waals surface area contributed by atoms with Crippen LogP contribution in [0.3, 0.4) is 0 Å². The normalized spacial score (nSPS) is 16.4. The number of aromatic nitrogens is 2. The van der Waals surface area contributed by atoms with Gasteiger partial charge in [-0.2, -0.15) is 0 Å². The van der Waals surface area contributed by atoms with Crippen LogP contribution in [0.5, 0.6) is 11.5 Å². The number of methoxy groups -OCH3 is 1. The molecule has 1 aromatic heterocycles. The second-order valence-electron chi connectivity index (χ2n) is 6.95. The van der Waals surface area contributed by atoms with Gasteiger partial charge in [0.25, 0.3) is 5.91 Å². The molecule has 0 spiro atoms. The van der Waals surface area contributed by atoms with E-state index in [4.69, 9.17) is 9.47 Å². The van der Waals surface area contributed by atoms with Crippen LogP contribution in [-0.2, 0) is 4.79 Å². The van der Waals surface area contributed by atoms with Crippen LogP contribution >= 0.6 is 11.3 Å². The Labute approximate surface area is 174 Å². The maximum Gasteiger partial charge on any atom is 0.260 e. The summed E-state index contributed by atoms with van der Waals surface area (Å²) in [7, 11) is 1.65. The molecule has 1 aliphatic rings. The summed E-state index contributed by atoms with van der Waals surface area (Å²) in [4.78, 5) is 14.5. The minimum Gasteiger partial charge on any atom is -0.497 e. The molecule has 1 amide bonds. The van der Waals surface area contributed by atoms with Crippen LogP contribution in [-0.4, -0.2) is 47.8 Å². The van der Waals surface area contributed by atoms with Gasteiger partial charge in [0.2, 0.25) is 0 Å². The summed E-state index contributed by atoms with van der Waals surface area (Å²) in [6.45, 7) is 1.48. The highest BCUT2D eigenvalue weighted by molar-refractivity contribution is 7.14. The van der Waals surface area contributed by atoms with Gasteiger partial charge in [-0.15, -0.1) is 10.2 Å². The van der Waals surface area contributed by atoms with Gasteiger partial charge in [0, 0.05) is 24.6 Å². The van der Waals surface area contributed by atoms with Crippen molar-refractivity contribution >= 4 is 17.2 Å².